The Morgan fingerprint density at radius 3 is 1.36 bits per heavy atom. The zero-order chi connectivity index (χ0) is 80.4. The second-order valence-electron chi connectivity index (χ2n) is 30.3. The SMILES string of the molecule is [2H]c1c([2H])c([2H])c(-c2ccc3c(c2)N(c2c(-c4ccccc4)cc(C(C)(C)C)cc2-c2ccccc2)c2cc(-n4c5ccc(C(C)(C)C)cc5c5cc(C(C)(C)C)ccc54)cc4c2B3c2ccc(-n3c5c([2H])c([2H])c([2H])c([2H])c5c5c([2H])c([2H])c([2H])c([2H])c53)cc2N4c2c(-c3ccccc3)ccc3oc4ccccc4c23)c([2H])c1[2H]. The van der Waals surface area contributed by atoms with E-state index in [-0.39, 0.29) is 50.3 Å². The highest BCUT2D eigenvalue weighted by Gasteiger charge is 2.46. The molecule has 0 N–H and O–H groups in total. The summed E-state index contributed by atoms with van der Waals surface area (Å²) in [5.74, 6) is 0. The van der Waals surface area contributed by atoms with Crippen molar-refractivity contribution >= 4 is 123 Å². The van der Waals surface area contributed by atoms with Crippen molar-refractivity contribution in [3.05, 3.63) is 320 Å². The number of aromatic nitrogens is 2. The fourth-order valence-corrected chi connectivity index (χ4v) is 16.0. The lowest BCUT2D eigenvalue weighted by Gasteiger charge is -2.46. The molecule has 2 aliphatic heterocycles. The molecule has 0 aliphatic carbocycles. The average molecular weight is 1330 g/mol. The van der Waals surface area contributed by atoms with Crippen LogP contribution in [0.4, 0.5) is 34.1 Å². The number of hydrogen-bond acceptors (Lipinski definition) is 3. The van der Waals surface area contributed by atoms with Gasteiger partial charge in [0.15, 0.2) is 0 Å². The molecule has 2 aliphatic rings. The molecule has 3 aromatic heterocycles. The van der Waals surface area contributed by atoms with Crippen molar-refractivity contribution in [2.45, 2.75) is 78.6 Å². The van der Waals surface area contributed by atoms with Crippen molar-refractivity contribution in [2.75, 3.05) is 9.80 Å². The van der Waals surface area contributed by atoms with Crippen LogP contribution in [0.3, 0.4) is 0 Å². The molecule has 0 saturated heterocycles. The van der Waals surface area contributed by atoms with Crippen LogP contribution >= 0.6 is 0 Å². The number of hydrogen-bond donors (Lipinski definition) is 0. The van der Waals surface area contributed by atoms with E-state index in [9.17, 15) is 13.7 Å². The smallest absolute Gasteiger partial charge is 0.252 e. The van der Waals surface area contributed by atoms with Crippen LogP contribution in [-0.2, 0) is 16.2 Å². The molecule has 0 atom stereocenters. The maximum atomic E-state index is 9.90. The number of para-hydroxylation sites is 3. The fraction of sp³-hybridized carbons (Fsp3) is 0.125. The summed E-state index contributed by atoms with van der Waals surface area (Å²) in [6, 6.07) is 71.7. The minimum absolute atomic E-state index is 0.0222. The quantitative estimate of drug-likeness (QED) is 0.142. The van der Waals surface area contributed by atoms with Gasteiger partial charge in [0.05, 0.1) is 62.3 Å². The van der Waals surface area contributed by atoms with Gasteiger partial charge in [-0.2, -0.15) is 0 Å². The van der Waals surface area contributed by atoms with Crippen molar-refractivity contribution in [2.24, 2.45) is 0 Å². The molecule has 14 aromatic carbocycles. The summed E-state index contributed by atoms with van der Waals surface area (Å²) in [5.41, 5.74) is 19.0. The highest BCUT2D eigenvalue weighted by Crippen LogP contribution is 2.56. The second kappa shape index (κ2) is 22.8. The monoisotopic (exact) mass is 1330 g/mol. The van der Waals surface area contributed by atoms with Crippen molar-refractivity contribution in [3.8, 4) is 55.9 Å². The Morgan fingerprint density at radius 1 is 0.314 bits per heavy atom. The van der Waals surface area contributed by atoms with E-state index in [0.717, 1.165) is 127 Å². The highest BCUT2D eigenvalue weighted by atomic mass is 16.3. The van der Waals surface area contributed by atoms with Crippen LogP contribution in [0.25, 0.3) is 121 Å². The van der Waals surface area contributed by atoms with Crippen LogP contribution in [0.2, 0.25) is 0 Å². The third kappa shape index (κ3) is 9.59. The molecule has 5 nitrogen and oxygen atoms in total. The van der Waals surface area contributed by atoms with E-state index in [0.29, 0.717) is 33.8 Å². The first kappa shape index (κ1) is 48.8. The first-order valence-corrected chi connectivity index (χ1v) is 34.9. The zero-order valence-electron chi connectivity index (χ0n) is 71.1. The number of furan rings is 1. The normalized spacial score (nSPS) is 14.9. The molecule has 0 bridgehead atoms. The van der Waals surface area contributed by atoms with Crippen molar-refractivity contribution in [3.63, 3.8) is 0 Å². The number of fused-ring (bicyclic) bond motifs is 13. The molecule has 0 spiro atoms. The minimum Gasteiger partial charge on any atom is -0.456 e. The molecule has 19 rings (SSSR count). The van der Waals surface area contributed by atoms with Gasteiger partial charge in [-0.1, -0.05) is 268 Å². The Labute approximate surface area is 615 Å². The van der Waals surface area contributed by atoms with Crippen molar-refractivity contribution in [1.82, 2.24) is 9.13 Å². The molecule has 0 saturated carbocycles. The van der Waals surface area contributed by atoms with Crippen LogP contribution in [0.5, 0.6) is 0 Å². The standard InChI is InChI=1S/C96H77BN4O/c1-94(2,3)65-43-49-82-76(53-65)77-54-66(95(4,5)6)44-50-83(77)99(82)69-58-86-91-87(59-69)101(93-70(61-30-16-11-17-31-61)46-51-89-90(93)73-38-24-27-41-88(73)102-89)85-57-68(98-80-39-25-22-36-71(80)72-37-23-26-40-81(72)98)45-48-79(85)97(91)78-47-42-64(60-28-14-10-15-29-60)52-84(78)100(86)92-74(62-32-18-12-19-33-62)55-67(96(7,8)9)56-75(92)63-34-20-13-21-35-63/h10-59H,1-9H3/i10D,14D,15D,22D,23D,25D,26D,28D,29D,36D,37D,39D,40D. The van der Waals surface area contributed by atoms with Gasteiger partial charge >= 0.3 is 0 Å². The van der Waals surface area contributed by atoms with Gasteiger partial charge < -0.3 is 23.4 Å². The van der Waals surface area contributed by atoms with E-state index in [1.165, 1.54) is 0 Å². The zero-order valence-corrected chi connectivity index (χ0v) is 58.1. The summed E-state index contributed by atoms with van der Waals surface area (Å²) in [4.78, 5) is 4.70. The summed E-state index contributed by atoms with van der Waals surface area (Å²) >= 11 is 0. The summed E-state index contributed by atoms with van der Waals surface area (Å²) in [6.07, 6.45) is 0. The van der Waals surface area contributed by atoms with Gasteiger partial charge in [0.2, 0.25) is 0 Å². The fourth-order valence-electron chi connectivity index (χ4n) is 16.0. The molecule has 102 heavy (non-hydrogen) atoms. The topological polar surface area (TPSA) is 29.5 Å². The Bertz CT molecular complexity index is 6850. The van der Waals surface area contributed by atoms with Gasteiger partial charge in [-0.25, -0.2) is 0 Å². The van der Waals surface area contributed by atoms with Crippen LogP contribution in [0.15, 0.2) is 307 Å². The first-order chi connectivity index (χ1) is 54.9. The Hall–Kier alpha value is -11.9. The summed E-state index contributed by atoms with van der Waals surface area (Å²) in [6.45, 7) is 19.3. The molecule has 0 fully saturated rings. The number of rotatable bonds is 8. The lowest BCUT2D eigenvalue weighted by Crippen LogP contribution is -2.61. The van der Waals surface area contributed by atoms with Crippen molar-refractivity contribution in [1.29, 1.82) is 0 Å². The van der Waals surface area contributed by atoms with Gasteiger partial charge in [0.1, 0.15) is 11.2 Å². The third-order valence-corrected chi connectivity index (χ3v) is 21.1. The van der Waals surface area contributed by atoms with Gasteiger partial charge in [0, 0.05) is 72.1 Å². The third-order valence-electron chi connectivity index (χ3n) is 21.1. The van der Waals surface area contributed by atoms with Gasteiger partial charge in [0.25, 0.3) is 6.71 Å². The Kier molecular flexibility index (Phi) is 10.9. The minimum atomic E-state index is -0.746. The van der Waals surface area contributed by atoms with Crippen LogP contribution in [-0.4, -0.2) is 15.8 Å². The number of anilines is 6. The summed E-state index contributed by atoms with van der Waals surface area (Å²) < 4.78 is 134. The van der Waals surface area contributed by atoms with E-state index < -0.39 is 78.6 Å². The highest BCUT2D eigenvalue weighted by molar-refractivity contribution is 7.00. The molecule has 0 unspecified atom stereocenters. The molecule has 6 heteroatoms. The molecule has 0 radical (unpaired) electrons. The van der Waals surface area contributed by atoms with E-state index in [1.807, 2.05) is 91.0 Å². The summed E-state index contributed by atoms with van der Waals surface area (Å²) in [7, 11) is 0. The molecular weight excluding hydrogens is 1240 g/mol. The van der Waals surface area contributed by atoms with E-state index in [2.05, 4.69) is 210 Å². The van der Waals surface area contributed by atoms with Crippen LogP contribution in [0, 0.1) is 0 Å². The largest absolute Gasteiger partial charge is 0.456 e. The van der Waals surface area contributed by atoms with E-state index >= 15 is 0 Å². The predicted octanol–water partition coefficient (Wildman–Crippen LogP) is 24.4. The molecule has 0 amide bonds. The maximum Gasteiger partial charge on any atom is 0.252 e. The Morgan fingerprint density at radius 2 is 0.794 bits per heavy atom. The van der Waals surface area contributed by atoms with Crippen LogP contribution < -0.4 is 26.2 Å². The lowest BCUT2D eigenvalue weighted by molar-refractivity contribution is 0.590. The van der Waals surface area contributed by atoms with E-state index in [4.69, 9.17) is 8.53 Å². The Balaban J connectivity index is 1.07. The maximum absolute atomic E-state index is 9.90. The van der Waals surface area contributed by atoms with Gasteiger partial charge in [-0.05, 0) is 174 Å². The number of nitrogens with zero attached hydrogens (tertiary/aromatic N) is 4. The molecule has 17 aromatic rings. The average Bonchev–Trinajstić information content (AvgIpc) is 1.38. The first-order valence-electron chi connectivity index (χ1n) is 41.4. The molecular formula is C96H77BN4O. The number of benzene rings is 14. The van der Waals surface area contributed by atoms with Gasteiger partial charge in [-0.15, -0.1) is 0 Å². The van der Waals surface area contributed by atoms with Gasteiger partial charge in [-0.3, -0.25) is 0 Å². The van der Waals surface area contributed by atoms with E-state index in [1.54, 1.807) is 4.57 Å². The molecule has 5 heterocycles. The van der Waals surface area contributed by atoms with Crippen molar-refractivity contribution < 1.29 is 22.2 Å². The van der Waals surface area contributed by atoms with Crippen LogP contribution in [0.1, 0.15) is 96.8 Å². The molecule has 490 valence electrons. The summed E-state index contributed by atoms with van der Waals surface area (Å²) in [5, 5.41) is 3.58. The lowest BCUT2D eigenvalue weighted by atomic mass is 9.33. The predicted molar refractivity (Wildman–Crippen MR) is 434 cm³/mol. The second-order valence-corrected chi connectivity index (χ2v) is 30.3.